The van der Waals surface area contributed by atoms with Crippen molar-refractivity contribution >= 4 is 16.3 Å². The van der Waals surface area contributed by atoms with Crippen LogP contribution in [0.4, 0.5) is 0 Å². The predicted molar refractivity (Wildman–Crippen MR) is 54.5 cm³/mol. The van der Waals surface area contributed by atoms with Crippen LogP contribution in [0.3, 0.4) is 0 Å². The maximum absolute atomic E-state index is 9.19. The molecule has 6 nitrogen and oxygen atoms in total. The highest BCUT2D eigenvalue weighted by Gasteiger charge is 1.98. The van der Waals surface area contributed by atoms with Crippen molar-refractivity contribution in [1.29, 1.82) is 0 Å². The van der Waals surface area contributed by atoms with Gasteiger partial charge in [-0.3, -0.25) is 4.55 Å². The molecule has 2 N–H and O–H groups in total. The third kappa shape index (κ3) is 10.9. The lowest BCUT2D eigenvalue weighted by Gasteiger charge is -1.88. The normalized spacial score (nSPS) is 10.2. The van der Waals surface area contributed by atoms with E-state index in [0.29, 0.717) is 6.26 Å². The van der Waals surface area contributed by atoms with Crippen molar-refractivity contribution in [3.8, 4) is 0 Å². The standard InChI is InChI=1S/C7H8N2O.CH4O3S.ClH/c1-9-5-3-2-4-7(9)6-8-10;1-5(2,3)4;/h2-6H,1H3;1H3,(H,2,3,4);1H. The van der Waals surface area contributed by atoms with Crippen LogP contribution in [-0.4, -0.2) is 30.6 Å². The van der Waals surface area contributed by atoms with Crippen LogP contribution in [0, 0.1) is 0 Å². The number of aromatic nitrogens is 1. The first-order valence-electron chi connectivity index (χ1n) is 3.89. The number of pyridine rings is 1. The highest BCUT2D eigenvalue weighted by molar-refractivity contribution is 7.85. The van der Waals surface area contributed by atoms with E-state index in [4.69, 9.17) is 9.76 Å². The van der Waals surface area contributed by atoms with Crippen LogP contribution in [0.15, 0.2) is 29.6 Å². The molecule has 0 bridgehead atoms. The summed E-state index contributed by atoms with van der Waals surface area (Å²) in [6.45, 7) is 0. The highest BCUT2D eigenvalue weighted by atomic mass is 35.5. The van der Waals surface area contributed by atoms with E-state index in [9.17, 15) is 8.42 Å². The molecular weight excluding hydrogens is 256 g/mol. The van der Waals surface area contributed by atoms with Gasteiger partial charge in [0.1, 0.15) is 13.3 Å². The Morgan fingerprint density at radius 1 is 1.44 bits per heavy atom. The molecule has 1 heterocycles. The van der Waals surface area contributed by atoms with E-state index >= 15 is 0 Å². The Bertz CT molecular complexity index is 425. The lowest BCUT2D eigenvalue weighted by Crippen LogP contribution is -3.00. The fourth-order valence-corrected chi connectivity index (χ4v) is 0.730. The fraction of sp³-hybridized carbons (Fsp3) is 0.250. The molecule has 0 spiro atoms. The molecule has 0 saturated carbocycles. The number of hydrogen-bond donors (Lipinski definition) is 2. The number of oxime groups is 1. The van der Waals surface area contributed by atoms with Gasteiger partial charge in [-0.2, -0.15) is 8.42 Å². The smallest absolute Gasteiger partial charge is 0.261 e. The SMILES string of the molecule is CS(=O)(=O)O.C[n+]1ccccc1/C=N/O.[Cl-]. The molecule has 0 radical (unpaired) electrons. The number of aryl methyl sites for hydroxylation is 1. The molecular formula is C8H13ClN2O4S. The topological polar surface area (TPSA) is 90.8 Å². The van der Waals surface area contributed by atoms with E-state index in [1.54, 1.807) is 0 Å². The number of rotatable bonds is 1. The average molecular weight is 269 g/mol. The molecule has 1 aromatic rings. The molecule has 0 amide bonds. The van der Waals surface area contributed by atoms with Gasteiger partial charge in [0.05, 0.1) is 6.26 Å². The molecule has 0 saturated heterocycles. The van der Waals surface area contributed by atoms with Gasteiger partial charge in [-0.15, -0.1) is 0 Å². The number of halogens is 1. The molecule has 1 aromatic heterocycles. The summed E-state index contributed by atoms with van der Waals surface area (Å²) in [5.41, 5.74) is 0.866. The maximum atomic E-state index is 9.19. The minimum atomic E-state index is -3.67. The van der Waals surface area contributed by atoms with E-state index in [2.05, 4.69) is 5.16 Å². The second-order valence-electron chi connectivity index (χ2n) is 2.71. The van der Waals surface area contributed by atoms with Crippen LogP contribution < -0.4 is 17.0 Å². The van der Waals surface area contributed by atoms with Gasteiger partial charge in [-0.05, 0) is 6.07 Å². The summed E-state index contributed by atoms with van der Waals surface area (Å²) in [7, 11) is -1.78. The minimum Gasteiger partial charge on any atom is -1.00 e. The van der Waals surface area contributed by atoms with Crippen LogP contribution >= 0.6 is 0 Å². The molecule has 0 aliphatic carbocycles. The van der Waals surface area contributed by atoms with E-state index in [1.807, 2.05) is 36.0 Å². The largest absolute Gasteiger partial charge is 1.00 e. The quantitative estimate of drug-likeness (QED) is 0.185. The van der Waals surface area contributed by atoms with Crippen LogP contribution in [0.1, 0.15) is 5.69 Å². The zero-order chi connectivity index (χ0) is 11.9. The third-order valence-electron chi connectivity index (χ3n) is 1.29. The monoisotopic (exact) mass is 268 g/mol. The first kappa shape index (κ1) is 17.2. The first-order valence-corrected chi connectivity index (χ1v) is 5.74. The summed E-state index contributed by atoms with van der Waals surface area (Å²) in [6.07, 6.45) is 3.99. The summed E-state index contributed by atoms with van der Waals surface area (Å²) in [4.78, 5) is 0. The zero-order valence-electron chi connectivity index (χ0n) is 8.78. The van der Waals surface area contributed by atoms with Crippen molar-refractivity contribution in [2.45, 2.75) is 0 Å². The third-order valence-corrected chi connectivity index (χ3v) is 1.29. The van der Waals surface area contributed by atoms with Gasteiger partial charge in [0.25, 0.3) is 10.1 Å². The summed E-state index contributed by atoms with van der Waals surface area (Å²) in [6, 6.07) is 5.66. The molecule has 0 aliphatic rings. The molecule has 8 heteroatoms. The number of hydrogen-bond acceptors (Lipinski definition) is 4. The van der Waals surface area contributed by atoms with Crippen molar-refractivity contribution in [3.05, 3.63) is 30.1 Å². The van der Waals surface area contributed by atoms with Crippen molar-refractivity contribution in [2.24, 2.45) is 12.2 Å². The van der Waals surface area contributed by atoms with Gasteiger partial charge in [0, 0.05) is 12.1 Å². The van der Waals surface area contributed by atoms with E-state index in [1.165, 1.54) is 6.21 Å². The second kappa shape index (κ2) is 8.03. The fourth-order valence-electron chi connectivity index (χ4n) is 0.730. The Balaban J connectivity index is 0. The van der Waals surface area contributed by atoms with Gasteiger partial charge >= 0.3 is 0 Å². The zero-order valence-corrected chi connectivity index (χ0v) is 10.4. The van der Waals surface area contributed by atoms with E-state index in [0.717, 1.165) is 5.69 Å². The Morgan fingerprint density at radius 3 is 2.31 bits per heavy atom. The summed E-state index contributed by atoms with van der Waals surface area (Å²) in [5.74, 6) is 0. The van der Waals surface area contributed by atoms with Crippen molar-refractivity contribution in [1.82, 2.24) is 0 Å². The van der Waals surface area contributed by atoms with Crippen molar-refractivity contribution in [2.75, 3.05) is 6.26 Å². The molecule has 1 rings (SSSR count). The van der Waals surface area contributed by atoms with Crippen LogP contribution in [0.5, 0.6) is 0 Å². The summed E-state index contributed by atoms with van der Waals surface area (Å²) < 4.78 is 27.7. The van der Waals surface area contributed by atoms with Crippen LogP contribution in [-0.2, 0) is 17.2 Å². The predicted octanol–water partition coefficient (Wildman–Crippen LogP) is -3.17. The first-order chi connectivity index (χ1) is 6.84. The Morgan fingerprint density at radius 2 is 1.94 bits per heavy atom. The molecule has 92 valence electrons. The van der Waals surface area contributed by atoms with Crippen molar-refractivity contribution in [3.63, 3.8) is 0 Å². The lowest BCUT2D eigenvalue weighted by molar-refractivity contribution is -0.672. The van der Waals surface area contributed by atoms with Gasteiger partial charge in [-0.1, -0.05) is 5.16 Å². The average Bonchev–Trinajstić information content (AvgIpc) is 2.06. The van der Waals surface area contributed by atoms with Gasteiger partial charge in [-0.25, -0.2) is 4.57 Å². The molecule has 16 heavy (non-hydrogen) atoms. The molecule has 0 unspecified atom stereocenters. The van der Waals surface area contributed by atoms with Gasteiger partial charge in [0.15, 0.2) is 6.20 Å². The highest BCUT2D eigenvalue weighted by Crippen LogP contribution is 1.84. The summed E-state index contributed by atoms with van der Waals surface area (Å²) >= 11 is 0. The van der Waals surface area contributed by atoms with Gasteiger partial charge < -0.3 is 17.6 Å². The van der Waals surface area contributed by atoms with Crippen molar-refractivity contribution < 1.29 is 35.2 Å². The van der Waals surface area contributed by atoms with E-state index < -0.39 is 10.1 Å². The van der Waals surface area contributed by atoms with Crippen LogP contribution in [0.25, 0.3) is 0 Å². The minimum absolute atomic E-state index is 0. The molecule has 0 fully saturated rings. The molecule has 0 atom stereocenters. The molecule has 0 aliphatic heterocycles. The second-order valence-corrected chi connectivity index (χ2v) is 4.18. The Labute approximate surface area is 100 Å². The maximum Gasteiger partial charge on any atom is 0.261 e. The molecule has 0 aromatic carbocycles. The Kier molecular flexibility index (Phi) is 8.64. The lowest BCUT2D eigenvalue weighted by atomic mass is 10.4. The summed E-state index contributed by atoms with van der Waals surface area (Å²) in [5, 5.41) is 11.1. The Hall–Kier alpha value is -1.18. The van der Waals surface area contributed by atoms with E-state index in [-0.39, 0.29) is 12.4 Å². The van der Waals surface area contributed by atoms with Gasteiger partial charge in [0.2, 0.25) is 5.69 Å². The number of nitrogens with zero attached hydrogens (tertiary/aromatic N) is 2. The van der Waals surface area contributed by atoms with Crippen LogP contribution in [0.2, 0.25) is 0 Å².